The Morgan fingerprint density at radius 3 is 2.70 bits per heavy atom. The summed E-state index contributed by atoms with van der Waals surface area (Å²) in [5.41, 5.74) is 2.43. The third-order valence-electron chi connectivity index (χ3n) is 4.51. The summed E-state index contributed by atoms with van der Waals surface area (Å²) in [6, 6.07) is 6.51. The van der Waals surface area contributed by atoms with Gasteiger partial charge in [0.1, 0.15) is 5.82 Å². The number of benzene rings is 1. The number of H-pyrrole nitrogens is 1. The highest BCUT2D eigenvalue weighted by Crippen LogP contribution is 2.26. The quantitative estimate of drug-likeness (QED) is 0.801. The van der Waals surface area contributed by atoms with Gasteiger partial charge in [0.2, 0.25) is 0 Å². The third-order valence-corrected chi connectivity index (χ3v) is 4.70. The fraction of sp³-hybridized carbons (Fsp3) is 0.353. The highest BCUT2D eigenvalue weighted by Gasteiger charge is 2.22. The van der Waals surface area contributed by atoms with Crippen molar-refractivity contribution >= 4 is 22.5 Å². The number of nitrogens with one attached hydrogen (secondary N) is 1. The number of nitrogens with zero attached hydrogens (tertiary/aromatic N) is 4. The van der Waals surface area contributed by atoms with E-state index in [9.17, 15) is 0 Å². The van der Waals surface area contributed by atoms with Crippen LogP contribution in [0, 0.1) is 0 Å². The first-order valence-electron chi connectivity index (χ1n) is 7.90. The zero-order valence-electron chi connectivity index (χ0n) is 12.7. The molecule has 0 amide bonds. The van der Waals surface area contributed by atoms with E-state index in [4.69, 9.17) is 11.6 Å². The minimum atomic E-state index is 0.443. The van der Waals surface area contributed by atoms with Crippen LogP contribution in [-0.4, -0.2) is 38.2 Å². The van der Waals surface area contributed by atoms with Crippen molar-refractivity contribution in [3.8, 4) is 0 Å². The monoisotopic (exact) mass is 327 g/mol. The van der Waals surface area contributed by atoms with Crippen LogP contribution in [0.5, 0.6) is 0 Å². The zero-order chi connectivity index (χ0) is 15.6. The molecule has 5 nitrogen and oxygen atoms in total. The Kier molecular flexibility index (Phi) is 3.97. The number of halogens is 1. The second-order valence-corrected chi connectivity index (χ2v) is 6.54. The molecule has 0 saturated carbocycles. The van der Waals surface area contributed by atoms with Crippen LogP contribution in [0.3, 0.4) is 0 Å². The van der Waals surface area contributed by atoms with Gasteiger partial charge in [-0.2, -0.15) is 5.10 Å². The number of rotatable bonds is 3. The van der Waals surface area contributed by atoms with Gasteiger partial charge in [-0.3, -0.25) is 10.00 Å². The number of aromatic nitrogens is 4. The van der Waals surface area contributed by atoms with Crippen LogP contribution in [-0.2, 0) is 6.54 Å². The minimum Gasteiger partial charge on any atom is -0.299 e. The second-order valence-electron chi connectivity index (χ2n) is 6.10. The zero-order valence-corrected chi connectivity index (χ0v) is 13.5. The fourth-order valence-electron chi connectivity index (χ4n) is 3.22. The van der Waals surface area contributed by atoms with Gasteiger partial charge in [0, 0.05) is 30.2 Å². The van der Waals surface area contributed by atoms with Crippen LogP contribution in [0.1, 0.15) is 30.1 Å². The van der Waals surface area contributed by atoms with Gasteiger partial charge in [-0.25, -0.2) is 9.97 Å². The Bertz CT molecular complexity index is 790. The van der Waals surface area contributed by atoms with Crippen molar-refractivity contribution in [2.45, 2.75) is 25.3 Å². The van der Waals surface area contributed by atoms with Gasteiger partial charge in [0.25, 0.3) is 0 Å². The van der Waals surface area contributed by atoms with Crippen LogP contribution in [0.25, 0.3) is 10.9 Å². The Hall–Kier alpha value is -1.98. The van der Waals surface area contributed by atoms with Gasteiger partial charge in [0.05, 0.1) is 16.7 Å². The molecule has 2 aromatic heterocycles. The molecule has 1 saturated heterocycles. The Morgan fingerprint density at radius 2 is 1.91 bits per heavy atom. The van der Waals surface area contributed by atoms with Crippen LogP contribution in [0.2, 0.25) is 5.02 Å². The predicted octanol–water partition coefficient (Wildman–Crippen LogP) is 3.39. The van der Waals surface area contributed by atoms with Gasteiger partial charge in [-0.05, 0) is 37.6 Å². The van der Waals surface area contributed by atoms with Crippen molar-refractivity contribution in [3.05, 3.63) is 53.2 Å². The number of piperidine rings is 1. The molecule has 0 bridgehead atoms. The summed E-state index contributed by atoms with van der Waals surface area (Å²) in [7, 11) is 0. The number of likely N-dealkylation sites (tertiary alicyclic amines) is 1. The number of aromatic amines is 1. The standard InChI is InChI=1S/C17H18ClN5/c18-15-9-19-17(20-10-15)13-3-5-23(6-4-13)11-12-1-2-14-8-21-22-16(14)7-12/h1-2,7-10,13H,3-6,11H2,(H,21,22). The summed E-state index contributed by atoms with van der Waals surface area (Å²) >= 11 is 5.86. The molecule has 1 aliphatic rings. The summed E-state index contributed by atoms with van der Waals surface area (Å²) in [5.74, 6) is 1.37. The normalized spacial score (nSPS) is 16.9. The van der Waals surface area contributed by atoms with Crippen molar-refractivity contribution in [2.24, 2.45) is 0 Å². The summed E-state index contributed by atoms with van der Waals surface area (Å²) in [4.78, 5) is 11.2. The van der Waals surface area contributed by atoms with E-state index >= 15 is 0 Å². The molecule has 3 aromatic rings. The molecule has 3 heterocycles. The van der Waals surface area contributed by atoms with Crippen LogP contribution in [0.4, 0.5) is 0 Å². The van der Waals surface area contributed by atoms with E-state index in [1.54, 1.807) is 12.4 Å². The predicted molar refractivity (Wildman–Crippen MR) is 90.4 cm³/mol. The molecule has 0 atom stereocenters. The van der Waals surface area contributed by atoms with Gasteiger partial charge in [0.15, 0.2) is 0 Å². The van der Waals surface area contributed by atoms with Gasteiger partial charge in [-0.15, -0.1) is 0 Å². The molecule has 23 heavy (non-hydrogen) atoms. The molecule has 118 valence electrons. The minimum absolute atomic E-state index is 0.443. The summed E-state index contributed by atoms with van der Waals surface area (Å²) in [6.07, 6.45) is 7.42. The summed E-state index contributed by atoms with van der Waals surface area (Å²) in [6.45, 7) is 3.11. The lowest BCUT2D eigenvalue weighted by molar-refractivity contribution is 0.202. The lowest BCUT2D eigenvalue weighted by Crippen LogP contribution is -2.32. The molecular weight excluding hydrogens is 310 g/mol. The van der Waals surface area contributed by atoms with E-state index in [-0.39, 0.29) is 0 Å². The van der Waals surface area contributed by atoms with Crippen LogP contribution >= 0.6 is 11.6 Å². The van der Waals surface area contributed by atoms with Gasteiger partial charge in [-0.1, -0.05) is 23.7 Å². The smallest absolute Gasteiger partial charge is 0.131 e. The van der Waals surface area contributed by atoms with Crippen molar-refractivity contribution in [2.75, 3.05) is 13.1 Å². The van der Waals surface area contributed by atoms with Crippen LogP contribution in [0.15, 0.2) is 36.8 Å². The Morgan fingerprint density at radius 1 is 1.13 bits per heavy atom. The first-order valence-corrected chi connectivity index (χ1v) is 8.27. The maximum absolute atomic E-state index is 5.86. The largest absolute Gasteiger partial charge is 0.299 e. The van der Waals surface area contributed by atoms with Gasteiger partial charge >= 0.3 is 0 Å². The van der Waals surface area contributed by atoms with E-state index in [1.165, 1.54) is 5.56 Å². The number of fused-ring (bicyclic) bond motifs is 1. The van der Waals surface area contributed by atoms with Crippen molar-refractivity contribution < 1.29 is 0 Å². The maximum Gasteiger partial charge on any atom is 0.131 e. The third kappa shape index (κ3) is 3.21. The second kappa shape index (κ2) is 6.26. The highest BCUT2D eigenvalue weighted by atomic mass is 35.5. The maximum atomic E-state index is 5.86. The highest BCUT2D eigenvalue weighted by molar-refractivity contribution is 6.30. The molecule has 0 radical (unpaired) electrons. The lowest BCUT2D eigenvalue weighted by Gasteiger charge is -2.31. The Balaban J connectivity index is 1.38. The molecule has 6 heteroatoms. The molecule has 0 aliphatic carbocycles. The number of hydrogen-bond acceptors (Lipinski definition) is 4. The van der Waals surface area contributed by atoms with E-state index < -0.39 is 0 Å². The first-order chi connectivity index (χ1) is 11.3. The molecule has 0 spiro atoms. The molecule has 1 aromatic carbocycles. The topological polar surface area (TPSA) is 57.7 Å². The van der Waals surface area contributed by atoms with Crippen molar-refractivity contribution in [1.29, 1.82) is 0 Å². The van der Waals surface area contributed by atoms with E-state index in [1.807, 2.05) is 6.20 Å². The molecule has 0 unspecified atom stereocenters. The average molecular weight is 328 g/mol. The van der Waals surface area contributed by atoms with Gasteiger partial charge < -0.3 is 0 Å². The molecule has 1 fully saturated rings. The first kappa shape index (κ1) is 14.6. The SMILES string of the molecule is Clc1cnc(C2CCN(Cc3ccc4cn[nH]c4c3)CC2)nc1. The lowest BCUT2D eigenvalue weighted by atomic mass is 9.95. The van der Waals surface area contributed by atoms with Crippen LogP contribution < -0.4 is 0 Å². The molecule has 1 N–H and O–H groups in total. The molecular formula is C17H18ClN5. The van der Waals surface area contributed by atoms with Crippen molar-refractivity contribution in [1.82, 2.24) is 25.1 Å². The fourth-order valence-corrected chi connectivity index (χ4v) is 3.32. The van der Waals surface area contributed by atoms with E-state index in [2.05, 4.69) is 43.3 Å². The van der Waals surface area contributed by atoms with E-state index in [0.717, 1.165) is 49.2 Å². The van der Waals surface area contributed by atoms with E-state index in [0.29, 0.717) is 10.9 Å². The summed E-state index contributed by atoms with van der Waals surface area (Å²) < 4.78 is 0. The molecule has 4 rings (SSSR count). The number of hydrogen-bond donors (Lipinski definition) is 1. The Labute approximate surface area is 139 Å². The summed E-state index contributed by atoms with van der Waals surface area (Å²) in [5, 5.41) is 8.87. The average Bonchev–Trinajstić information content (AvgIpc) is 3.04. The molecule has 1 aliphatic heterocycles. The van der Waals surface area contributed by atoms with Crippen molar-refractivity contribution in [3.63, 3.8) is 0 Å².